The summed E-state index contributed by atoms with van der Waals surface area (Å²) in [5.41, 5.74) is 2.83. The third-order valence-electron chi connectivity index (χ3n) is 3.23. The van der Waals surface area contributed by atoms with Crippen LogP contribution in [0.5, 0.6) is 0 Å². The van der Waals surface area contributed by atoms with Crippen molar-refractivity contribution < 1.29 is 14.4 Å². The first-order valence-corrected chi connectivity index (χ1v) is 6.85. The van der Waals surface area contributed by atoms with Gasteiger partial charge in [0.2, 0.25) is 0 Å². The highest BCUT2D eigenvalue weighted by Crippen LogP contribution is 2.32. The van der Waals surface area contributed by atoms with Crippen LogP contribution in [-0.4, -0.2) is 24.8 Å². The molecule has 0 fully saturated rings. The molecular weight excluding hydrogens is 256 g/mol. The summed E-state index contributed by atoms with van der Waals surface area (Å²) in [4.78, 5) is 18.6. The molecule has 1 amide bonds. The van der Waals surface area contributed by atoms with Crippen LogP contribution < -0.4 is 10.8 Å². The van der Waals surface area contributed by atoms with E-state index in [-0.39, 0.29) is 6.09 Å². The fourth-order valence-corrected chi connectivity index (χ4v) is 2.42. The van der Waals surface area contributed by atoms with Crippen molar-refractivity contribution in [3.05, 3.63) is 29.3 Å². The van der Waals surface area contributed by atoms with Gasteiger partial charge in [0.1, 0.15) is 5.60 Å². The van der Waals surface area contributed by atoms with Gasteiger partial charge >= 0.3 is 6.09 Å². The number of carbonyl (C=O) groups excluding carboxylic acids is 1. The summed E-state index contributed by atoms with van der Waals surface area (Å²) in [6.45, 7) is 6.75. The molecule has 1 aromatic rings. The van der Waals surface area contributed by atoms with Crippen LogP contribution in [0.4, 0.5) is 10.5 Å². The average molecular weight is 278 g/mol. The van der Waals surface area contributed by atoms with E-state index in [9.17, 15) is 4.79 Å². The van der Waals surface area contributed by atoms with E-state index in [0.717, 1.165) is 18.5 Å². The Bertz CT molecular complexity index is 494. The van der Waals surface area contributed by atoms with Crippen molar-refractivity contribution >= 4 is 11.8 Å². The molecule has 1 heterocycles. The molecule has 0 spiro atoms. The van der Waals surface area contributed by atoms with Crippen molar-refractivity contribution in [2.45, 2.75) is 39.2 Å². The van der Waals surface area contributed by atoms with E-state index in [0.29, 0.717) is 13.2 Å². The highest BCUT2D eigenvalue weighted by atomic mass is 16.6. The highest BCUT2D eigenvalue weighted by molar-refractivity contribution is 5.90. The fourth-order valence-electron chi connectivity index (χ4n) is 2.42. The maximum absolute atomic E-state index is 12.2. The minimum absolute atomic E-state index is 0.288. The summed E-state index contributed by atoms with van der Waals surface area (Å²) < 4.78 is 5.44. The largest absolute Gasteiger partial charge is 0.443 e. The number of hydrogen-bond donors (Lipinski definition) is 1. The number of rotatable bonds is 3. The van der Waals surface area contributed by atoms with Crippen LogP contribution in [0.2, 0.25) is 0 Å². The molecule has 5 heteroatoms. The molecule has 2 N–H and O–H groups in total. The Hall–Kier alpha value is -1.59. The number of nitrogens with two attached hydrogens (primary N) is 1. The van der Waals surface area contributed by atoms with E-state index in [2.05, 4.69) is 10.9 Å². The van der Waals surface area contributed by atoms with Crippen molar-refractivity contribution in [2.24, 2.45) is 5.90 Å². The van der Waals surface area contributed by atoms with Gasteiger partial charge in [-0.05, 0) is 50.8 Å². The number of carbonyl (C=O) groups is 1. The van der Waals surface area contributed by atoms with Crippen LogP contribution in [0.15, 0.2) is 18.2 Å². The third-order valence-corrected chi connectivity index (χ3v) is 3.23. The maximum Gasteiger partial charge on any atom is 0.414 e. The number of benzene rings is 1. The van der Waals surface area contributed by atoms with Crippen molar-refractivity contribution in [3.8, 4) is 0 Å². The lowest BCUT2D eigenvalue weighted by Gasteiger charge is -2.24. The summed E-state index contributed by atoms with van der Waals surface area (Å²) in [5, 5.41) is 0. The Morgan fingerprint density at radius 2 is 2.15 bits per heavy atom. The molecule has 2 rings (SSSR count). The lowest BCUT2D eigenvalue weighted by atomic mass is 10.0. The second kappa shape index (κ2) is 5.81. The minimum Gasteiger partial charge on any atom is -0.443 e. The average Bonchev–Trinajstić information content (AvgIpc) is 2.78. The number of ether oxygens (including phenoxy) is 1. The van der Waals surface area contributed by atoms with Crippen molar-refractivity contribution in [1.82, 2.24) is 0 Å². The SMILES string of the molecule is CC(C)(C)OC(=O)N1CCc2c(CCON)cccc21. The minimum atomic E-state index is -0.481. The molecule has 0 atom stereocenters. The van der Waals surface area contributed by atoms with Crippen molar-refractivity contribution in [2.75, 3.05) is 18.1 Å². The first-order chi connectivity index (χ1) is 9.42. The number of anilines is 1. The number of hydrogen-bond acceptors (Lipinski definition) is 4. The number of fused-ring (bicyclic) bond motifs is 1. The Morgan fingerprint density at radius 3 is 2.80 bits per heavy atom. The lowest BCUT2D eigenvalue weighted by molar-refractivity contribution is 0.0584. The monoisotopic (exact) mass is 278 g/mol. The summed E-state index contributed by atoms with van der Waals surface area (Å²) in [5.74, 6) is 5.08. The van der Waals surface area contributed by atoms with Crippen LogP contribution in [-0.2, 0) is 22.4 Å². The molecule has 1 aliphatic rings. The summed E-state index contributed by atoms with van der Waals surface area (Å²) in [7, 11) is 0. The molecule has 1 aromatic carbocycles. The van der Waals surface area contributed by atoms with Gasteiger partial charge in [0.25, 0.3) is 0 Å². The second-order valence-electron chi connectivity index (χ2n) is 5.92. The standard InChI is InChI=1S/C15H22N2O3/c1-15(2,3)20-14(18)17-9-7-12-11(8-10-19-16)5-4-6-13(12)17/h4-6H,7-10,16H2,1-3H3. The van der Waals surface area contributed by atoms with Crippen molar-refractivity contribution in [3.63, 3.8) is 0 Å². The Balaban J connectivity index is 2.18. The molecule has 0 aliphatic carbocycles. The zero-order valence-electron chi connectivity index (χ0n) is 12.3. The van der Waals surface area contributed by atoms with Crippen molar-refractivity contribution in [1.29, 1.82) is 0 Å². The lowest BCUT2D eigenvalue weighted by Crippen LogP contribution is -2.35. The molecule has 0 radical (unpaired) electrons. The van der Waals surface area contributed by atoms with E-state index >= 15 is 0 Å². The molecule has 20 heavy (non-hydrogen) atoms. The van der Waals surface area contributed by atoms with Gasteiger partial charge in [0.05, 0.1) is 12.3 Å². The van der Waals surface area contributed by atoms with E-state index in [1.54, 1.807) is 4.90 Å². The Morgan fingerprint density at radius 1 is 1.40 bits per heavy atom. The predicted molar refractivity (Wildman–Crippen MR) is 77.6 cm³/mol. The van der Waals surface area contributed by atoms with Gasteiger partial charge in [-0.1, -0.05) is 12.1 Å². The molecule has 5 nitrogen and oxygen atoms in total. The van der Waals surface area contributed by atoms with Gasteiger partial charge in [0.15, 0.2) is 0 Å². The molecule has 0 aromatic heterocycles. The van der Waals surface area contributed by atoms with Crippen LogP contribution in [0, 0.1) is 0 Å². The first kappa shape index (κ1) is 14.8. The first-order valence-electron chi connectivity index (χ1n) is 6.85. The van der Waals surface area contributed by atoms with E-state index < -0.39 is 5.60 Å². The predicted octanol–water partition coefficient (Wildman–Crippen LogP) is 2.42. The smallest absolute Gasteiger partial charge is 0.414 e. The summed E-state index contributed by atoms with van der Waals surface area (Å²) in [6, 6.07) is 5.96. The van der Waals surface area contributed by atoms with Crippen LogP contribution in [0.1, 0.15) is 31.9 Å². The molecule has 0 bridgehead atoms. The van der Waals surface area contributed by atoms with Gasteiger partial charge in [-0.15, -0.1) is 0 Å². The molecule has 0 saturated carbocycles. The Labute approximate surface area is 119 Å². The van der Waals surface area contributed by atoms with Gasteiger partial charge in [-0.2, -0.15) is 0 Å². The molecule has 1 aliphatic heterocycles. The maximum atomic E-state index is 12.2. The topological polar surface area (TPSA) is 64.8 Å². The highest BCUT2D eigenvalue weighted by Gasteiger charge is 2.29. The van der Waals surface area contributed by atoms with E-state index in [1.807, 2.05) is 32.9 Å². The zero-order valence-corrected chi connectivity index (χ0v) is 12.3. The van der Waals surface area contributed by atoms with E-state index in [4.69, 9.17) is 10.6 Å². The Kier molecular flexibility index (Phi) is 4.30. The van der Waals surface area contributed by atoms with E-state index in [1.165, 1.54) is 11.1 Å². The summed E-state index contributed by atoms with van der Waals surface area (Å²) in [6.07, 6.45) is 1.31. The normalized spacial score (nSPS) is 14.3. The molecule has 110 valence electrons. The van der Waals surface area contributed by atoms with Gasteiger partial charge in [0, 0.05) is 6.54 Å². The third kappa shape index (κ3) is 3.29. The van der Waals surface area contributed by atoms with Crippen LogP contribution in [0.25, 0.3) is 0 Å². The van der Waals surface area contributed by atoms with Gasteiger partial charge < -0.3 is 9.57 Å². The number of nitrogens with zero attached hydrogens (tertiary/aromatic N) is 1. The van der Waals surface area contributed by atoms with Gasteiger partial charge in [-0.3, -0.25) is 4.90 Å². The van der Waals surface area contributed by atoms with Crippen LogP contribution >= 0.6 is 0 Å². The zero-order chi connectivity index (χ0) is 14.8. The summed E-state index contributed by atoms with van der Waals surface area (Å²) >= 11 is 0. The fraction of sp³-hybridized carbons (Fsp3) is 0.533. The quantitative estimate of drug-likeness (QED) is 0.862. The molecular formula is C15H22N2O3. The molecule has 0 saturated heterocycles. The number of amides is 1. The second-order valence-corrected chi connectivity index (χ2v) is 5.92. The van der Waals surface area contributed by atoms with Gasteiger partial charge in [-0.25, -0.2) is 10.7 Å². The molecule has 0 unspecified atom stereocenters. The van der Waals surface area contributed by atoms with Crippen LogP contribution in [0.3, 0.4) is 0 Å².